The van der Waals surface area contributed by atoms with Gasteiger partial charge in [-0.2, -0.15) is 0 Å². The van der Waals surface area contributed by atoms with Gasteiger partial charge in [0.05, 0.1) is 21.2 Å². The molecule has 1 amide bonds. The minimum absolute atomic E-state index is 0.0807. The number of anilines is 2. The molecule has 0 atom stereocenters. The Hall–Kier alpha value is -2.74. The van der Waals surface area contributed by atoms with Gasteiger partial charge < -0.3 is 11.1 Å². The van der Waals surface area contributed by atoms with E-state index in [1.807, 2.05) is 0 Å². The normalized spacial score (nSPS) is 10.8. The molecule has 0 unspecified atom stereocenters. The number of hydrogen-bond donors (Lipinski definition) is 2. The first-order valence-corrected chi connectivity index (χ1v) is 7.18. The number of thiophene rings is 1. The minimum Gasteiger partial charge on any atom is -0.396 e. The molecule has 0 aliphatic carbocycles. The molecular weight excluding hydrogens is 304 g/mol. The zero-order valence-electron chi connectivity index (χ0n) is 12.0. The maximum Gasteiger partial charge on any atom is 0.271 e. The van der Waals surface area contributed by atoms with Crippen LogP contribution in [0.1, 0.15) is 22.2 Å². The first kappa shape index (κ1) is 15.6. The first-order valence-electron chi connectivity index (χ1n) is 6.36. The lowest BCUT2D eigenvalue weighted by Gasteiger charge is -2.06. The number of nitro benzene ring substituents is 1. The van der Waals surface area contributed by atoms with E-state index >= 15 is 0 Å². The van der Waals surface area contributed by atoms with Crippen LogP contribution < -0.4 is 11.1 Å². The standard InChI is InChI=1S/C14H14N4O3S/c1-3-16-14-10(15)7-12(22-14)13(19)17-11-6-9(18(20)21)5-4-8(11)2/h3-7H,15H2,1-2H3,(H,17,19)/b16-3-. The lowest BCUT2D eigenvalue weighted by molar-refractivity contribution is -0.384. The fourth-order valence-electron chi connectivity index (χ4n) is 1.77. The van der Waals surface area contributed by atoms with E-state index in [1.54, 1.807) is 26.1 Å². The molecule has 3 N–H and O–H groups in total. The van der Waals surface area contributed by atoms with Crippen LogP contribution in [0.3, 0.4) is 0 Å². The quantitative estimate of drug-likeness (QED) is 0.510. The molecule has 0 bridgehead atoms. The van der Waals surface area contributed by atoms with E-state index in [1.165, 1.54) is 18.2 Å². The van der Waals surface area contributed by atoms with Crippen LogP contribution in [-0.2, 0) is 0 Å². The number of benzene rings is 1. The number of nitro groups is 1. The smallest absolute Gasteiger partial charge is 0.271 e. The number of nitrogens with two attached hydrogens (primary N) is 1. The third-order valence-electron chi connectivity index (χ3n) is 2.89. The summed E-state index contributed by atoms with van der Waals surface area (Å²) in [6.07, 6.45) is 1.59. The number of amides is 1. The van der Waals surface area contributed by atoms with Gasteiger partial charge in [-0.05, 0) is 25.5 Å². The zero-order valence-corrected chi connectivity index (χ0v) is 12.8. The fraction of sp³-hybridized carbons (Fsp3) is 0.143. The monoisotopic (exact) mass is 318 g/mol. The summed E-state index contributed by atoms with van der Waals surface area (Å²) < 4.78 is 0. The molecule has 2 aromatic rings. The van der Waals surface area contributed by atoms with Crippen LogP contribution in [-0.4, -0.2) is 17.0 Å². The third kappa shape index (κ3) is 3.29. The number of rotatable bonds is 4. The van der Waals surface area contributed by atoms with Crippen molar-refractivity contribution in [1.82, 2.24) is 0 Å². The molecule has 22 heavy (non-hydrogen) atoms. The van der Waals surface area contributed by atoms with E-state index in [4.69, 9.17) is 5.73 Å². The molecule has 2 rings (SSSR count). The molecule has 0 saturated carbocycles. The highest BCUT2D eigenvalue weighted by Crippen LogP contribution is 2.33. The summed E-state index contributed by atoms with van der Waals surface area (Å²) in [5, 5.41) is 14.0. The van der Waals surface area contributed by atoms with Crippen molar-refractivity contribution in [2.45, 2.75) is 13.8 Å². The minimum atomic E-state index is -0.508. The lowest BCUT2D eigenvalue weighted by Crippen LogP contribution is -2.11. The Morgan fingerprint density at radius 1 is 1.45 bits per heavy atom. The molecule has 0 saturated heterocycles. The Kier molecular flexibility index (Phi) is 4.52. The molecule has 7 nitrogen and oxygen atoms in total. The predicted molar refractivity (Wildman–Crippen MR) is 88.3 cm³/mol. The molecular formula is C14H14N4O3S. The Bertz CT molecular complexity index is 767. The van der Waals surface area contributed by atoms with Gasteiger partial charge in [0.25, 0.3) is 11.6 Å². The molecule has 0 aliphatic heterocycles. The van der Waals surface area contributed by atoms with Crippen molar-refractivity contribution >= 4 is 45.5 Å². The van der Waals surface area contributed by atoms with Crippen molar-refractivity contribution in [3.63, 3.8) is 0 Å². The second-order valence-electron chi connectivity index (χ2n) is 4.47. The van der Waals surface area contributed by atoms with Crippen LogP contribution in [0.4, 0.5) is 22.1 Å². The number of carbonyl (C=O) groups excluding carboxylic acids is 1. The largest absolute Gasteiger partial charge is 0.396 e. The van der Waals surface area contributed by atoms with Gasteiger partial charge in [0.15, 0.2) is 0 Å². The SMILES string of the molecule is C/C=N\c1sc(C(=O)Nc2cc([N+](=O)[O-])ccc2C)cc1N. The van der Waals surface area contributed by atoms with E-state index in [9.17, 15) is 14.9 Å². The van der Waals surface area contributed by atoms with Crippen LogP contribution in [0.2, 0.25) is 0 Å². The Morgan fingerprint density at radius 2 is 2.18 bits per heavy atom. The summed E-state index contributed by atoms with van der Waals surface area (Å²) in [5.74, 6) is -0.377. The number of nitrogens with one attached hydrogen (secondary N) is 1. The predicted octanol–water partition coefficient (Wildman–Crippen LogP) is 3.52. The number of nitrogens with zero attached hydrogens (tertiary/aromatic N) is 2. The van der Waals surface area contributed by atoms with E-state index in [2.05, 4.69) is 10.3 Å². The average Bonchev–Trinajstić information content (AvgIpc) is 2.83. The van der Waals surface area contributed by atoms with Gasteiger partial charge in [0.1, 0.15) is 5.00 Å². The lowest BCUT2D eigenvalue weighted by atomic mass is 10.2. The summed E-state index contributed by atoms with van der Waals surface area (Å²) in [6, 6.07) is 5.84. The van der Waals surface area contributed by atoms with Crippen LogP contribution in [0.5, 0.6) is 0 Å². The van der Waals surface area contributed by atoms with Crippen LogP contribution in [0.25, 0.3) is 0 Å². The third-order valence-corrected chi connectivity index (χ3v) is 3.95. The molecule has 0 fully saturated rings. The Morgan fingerprint density at radius 3 is 2.82 bits per heavy atom. The van der Waals surface area contributed by atoms with E-state index in [0.29, 0.717) is 21.3 Å². The maximum absolute atomic E-state index is 12.2. The highest BCUT2D eigenvalue weighted by molar-refractivity contribution is 7.18. The van der Waals surface area contributed by atoms with Crippen molar-refractivity contribution in [3.05, 3.63) is 44.8 Å². The topological polar surface area (TPSA) is 111 Å². The Labute approximate surface area is 130 Å². The maximum atomic E-state index is 12.2. The van der Waals surface area contributed by atoms with Gasteiger partial charge >= 0.3 is 0 Å². The molecule has 1 aromatic heterocycles. The van der Waals surface area contributed by atoms with Crippen molar-refractivity contribution in [2.75, 3.05) is 11.1 Å². The van der Waals surface area contributed by atoms with Crippen molar-refractivity contribution in [1.29, 1.82) is 0 Å². The molecule has 1 aromatic carbocycles. The summed E-state index contributed by atoms with van der Waals surface area (Å²) in [6.45, 7) is 3.51. The van der Waals surface area contributed by atoms with Crippen molar-refractivity contribution in [2.24, 2.45) is 4.99 Å². The Balaban J connectivity index is 2.27. The fourth-order valence-corrected chi connectivity index (χ4v) is 2.64. The molecule has 0 spiro atoms. The number of hydrogen-bond acceptors (Lipinski definition) is 6. The highest BCUT2D eigenvalue weighted by Gasteiger charge is 2.15. The summed E-state index contributed by atoms with van der Waals surface area (Å²) in [4.78, 5) is 27.0. The van der Waals surface area contributed by atoms with Crippen LogP contribution in [0, 0.1) is 17.0 Å². The number of carbonyl (C=O) groups is 1. The van der Waals surface area contributed by atoms with E-state index < -0.39 is 4.92 Å². The van der Waals surface area contributed by atoms with E-state index in [0.717, 1.165) is 16.9 Å². The van der Waals surface area contributed by atoms with Gasteiger partial charge in [-0.3, -0.25) is 14.9 Å². The van der Waals surface area contributed by atoms with Crippen molar-refractivity contribution in [3.8, 4) is 0 Å². The molecule has 114 valence electrons. The second-order valence-corrected chi connectivity index (χ2v) is 5.50. The first-order chi connectivity index (χ1) is 10.4. The summed E-state index contributed by atoms with van der Waals surface area (Å²) in [5.41, 5.74) is 7.25. The van der Waals surface area contributed by atoms with Gasteiger partial charge in [0.2, 0.25) is 0 Å². The number of non-ortho nitro benzene ring substituents is 1. The molecule has 0 aliphatic rings. The van der Waals surface area contributed by atoms with Crippen LogP contribution >= 0.6 is 11.3 Å². The zero-order chi connectivity index (χ0) is 16.3. The summed E-state index contributed by atoms with van der Waals surface area (Å²) in [7, 11) is 0. The van der Waals surface area contributed by atoms with Crippen molar-refractivity contribution < 1.29 is 9.72 Å². The number of aryl methyl sites for hydroxylation is 1. The van der Waals surface area contributed by atoms with Gasteiger partial charge in [-0.25, -0.2) is 4.99 Å². The van der Waals surface area contributed by atoms with E-state index in [-0.39, 0.29) is 11.6 Å². The molecule has 0 radical (unpaired) electrons. The average molecular weight is 318 g/mol. The second kappa shape index (κ2) is 6.35. The van der Waals surface area contributed by atoms with Gasteiger partial charge in [0, 0.05) is 18.3 Å². The molecule has 8 heteroatoms. The highest BCUT2D eigenvalue weighted by atomic mass is 32.1. The number of nitrogen functional groups attached to an aromatic ring is 1. The summed E-state index contributed by atoms with van der Waals surface area (Å²) >= 11 is 1.16. The molecule has 1 heterocycles. The number of aliphatic imine (C=N–C) groups is 1. The van der Waals surface area contributed by atoms with Gasteiger partial charge in [-0.1, -0.05) is 6.07 Å². The van der Waals surface area contributed by atoms with Crippen LogP contribution in [0.15, 0.2) is 29.3 Å². The van der Waals surface area contributed by atoms with Gasteiger partial charge in [-0.15, -0.1) is 11.3 Å².